The molecule has 0 fully saturated rings. The number of benzene rings is 1. The second-order valence-electron chi connectivity index (χ2n) is 5.62. The van der Waals surface area contributed by atoms with Crippen LogP contribution in [0.2, 0.25) is 0 Å². The van der Waals surface area contributed by atoms with Crippen molar-refractivity contribution in [3.8, 4) is 0 Å². The molecule has 112 valence electrons. The molecule has 4 rings (SSSR count). The molecule has 22 heavy (non-hydrogen) atoms. The van der Waals surface area contributed by atoms with Crippen molar-refractivity contribution in [2.75, 3.05) is 5.06 Å². The number of aromatic nitrogens is 4. The summed E-state index contributed by atoms with van der Waals surface area (Å²) in [4.78, 5) is 12.7. The topological polar surface area (TPSA) is 67.1 Å². The van der Waals surface area contributed by atoms with Gasteiger partial charge < -0.3 is 4.57 Å². The molecular formula is C16H17N5O. The van der Waals surface area contributed by atoms with Gasteiger partial charge >= 0.3 is 0 Å². The van der Waals surface area contributed by atoms with Crippen molar-refractivity contribution in [3.05, 3.63) is 48.5 Å². The maximum Gasteiger partial charge on any atom is 0.183 e. The Bertz CT molecular complexity index is 786. The molecule has 3 aromatic rings. The molecule has 1 aliphatic heterocycles. The van der Waals surface area contributed by atoms with E-state index < -0.39 is 0 Å². The predicted molar refractivity (Wildman–Crippen MR) is 82.8 cm³/mol. The number of hydrogen-bond acceptors (Lipinski definition) is 5. The number of aryl methyl sites for hydroxylation is 2. The summed E-state index contributed by atoms with van der Waals surface area (Å²) in [5.74, 6) is 0.554. The molecule has 0 spiro atoms. The van der Waals surface area contributed by atoms with Crippen LogP contribution in [-0.4, -0.2) is 30.8 Å². The standard InChI is InChI=1S/C16H17N5O/c22-21-13(7-6-12-4-2-1-3-5-12)8-9-20-11-19-15-14(20)16(21)18-10-17-15/h1-5,10-11,13,22H,6-9H2. The Morgan fingerprint density at radius 1 is 1.14 bits per heavy atom. The van der Waals surface area contributed by atoms with Crippen molar-refractivity contribution >= 4 is 17.0 Å². The lowest BCUT2D eigenvalue weighted by atomic mass is 10.0. The molecule has 0 radical (unpaired) electrons. The zero-order chi connectivity index (χ0) is 14.9. The maximum absolute atomic E-state index is 10.6. The van der Waals surface area contributed by atoms with Crippen molar-refractivity contribution in [1.29, 1.82) is 0 Å². The molecule has 1 aliphatic rings. The van der Waals surface area contributed by atoms with Crippen molar-refractivity contribution in [1.82, 2.24) is 19.5 Å². The van der Waals surface area contributed by atoms with Crippen LogP contribution >= 0.6 is 0 Å². The highest BCUT2D eigenvalue weighted by Gasteiger charge is 2.26. The average molecular weight is 295 g/mol. The molecule has 0 amide bonds. The monoisotopic (exact) mass is 295 g/mol. The van der Waals surface area contributed by atoms with Gasteiger partial charge in [0.2, 0.25) is 0 Å². The highest BCUT2D eigenvalue weighted by Crippen LogP contribution is 2.28. The van der Waals surface area contributed by atoms with Gasteiger partial charge in [0.15, 0.2) is 11.5 Å². The van der Waals surface area contributed by atoms with Crippen LogP contribution < -0.4 is 5.06 Å². The van der Waals surface area contributed by atoms with E-state index in [-0.39, 0.29) is 6.04 Å². The van der Waals surface area contributed by atoms with Gasteiger partial charge in [-0.15, -0.1) is 0 Å². The Hall–Kier alpha value is -2.47. The lowest BCUT2D eigenvalue weighted by molar-refractivity contribution is 0.202. The van der Waals surface area contributed by atoms with E-state index in [1.165, 1.54) is 17.0 Å². The van der Waals surface area contributed by atoms with E-state index in [0.717, 1.165) is 31.3 Å². The average Bonchev–Trinajstić information content (AvgIpc) is 2.92. The number of anilines is 1. The molecule has 3 heterocycles. The first-order chi connectivity index (χ1) is 10.8. The molecule has 0 saturated heterocycles. The Balaban J connectivity index is 1.60. The fourth-order valence-corrected chi connectivity index (χ4v) is 3.06. The zero-order valence-electron chi connectivity index (χ0n) is 12.1. The number of rotatable bonds is 3. The van der Waals surface area contributed by atoms with Crippen LogP contribution in [0.3, 0.4) is 0 Å². The minimum absolute atomic E-state index is 0.0400. The summed E-state index contributed by atoms with van der Waals surface area (Å²) < 4.78 is 2.02. The molecule has 6 nitrogen and oxygen atoms in total. The molecule has 1 atom stereocenters. The second kappa shape index (κ2) is 5.38. The van der Waals surface area contributed by atoms with Crippen molar-refractivity contribution in [3.63, 3.8) is 0 Å². The van der Waals surface area contributed by atoms with E-state index >= 15 is 0 Å². The zero-order valence-corrected chi connectivity index (χ0v) is 12.1. The Kier molecular flexibility index (Phi) is 3.23. The summed E-state index contributed by atoms with van der Waals surface area (Å²) in [5, 5.41) is 11.9. The SMILES string of the molecule is ON1c2ncnc3ncn(c23)CCC1CCc1ccccc1. The maximum atomic E-state index is 10.6. The van der Waals surface area contributed by atoms with Crippen molar-refractivity contribution < 1.29 is 5.21 Å². The first kappa shape index (κ1) is 13.2. The Morgan fingerprint density at radius 2 is 2.00 bits per heavy atom. The third-order valence-corrected chi connectivity index (χ3v) is 4.27. The number of imidazole rings is 1. The van der Waals surface area contributed by atoms with E-state index in [1.807, 2.05) is 22.8 Å². The van der Waals surface area contributed by atoms with Gasteiger partial charge in [-0.25, -0.2) is 20.0 Å². The van der Waals surface area contributed by atoms with Crippen LogP contribution in [0.25, 0.3) is 11.2 Å². The molecule has 1 N–H and O–H groups in total. The van der Waals surface area contributed by atoms with Crippen LogP contribution in [0, 0.1) is 0 Å². The predicted octanol–water partition coefficient (Wildman–Crippen LogP) is 2.43. The largest absolute Gasteiger partial charge is 0.326 e. The van der Waals surface area contributed by atoms with Gasteiger partial charge in [0.05, 0.1) is 12.4 Å². The third kappa shape index (κ3) is 2.21. The number of hydrogen-bond donors (Lipinski definition) is 1. The summed E-state index contributed by atoms with van der Waals surface area (Å²) >= 11 is 0. The van der Waals surface area contributed by atoms with Crippen LogP contribution in [-0.2, 0) is 13.0 Å². The highest BCUT2D eigenvalue weighted by atomic mass is 16.5. The van der Waals surface area contributed by atoms with Crippen LogP contribution in [0.4, 0.5) is 5.82 Å². The fraction of sp³-hybridized carbons (Fsp3) is 0.312. The van der Waals surface area contributed by atoms with E-state index in [0.29, 0.717) is 11.5 Å². The van der Waals surface area contributed by atoms with E-state index in [4.69, 9.17) is 0 Å². The summed E-state index contributed by atoms with van der Waals surface area (Å²) in [7, 11) is 0. The van der Waals surface area contributed by atoms with Crippen molar-refractivity contribution in [2.45, 2.75) is 31.8 Å². The summed E-state index contributed by atoms with van der Waals surface area (Å²) in [6.45, 7) is 0.813. The van der Waals surface area contributed by atoms with Gasteiger partial charge in [0, 0.05) is 6.54 Å². The summed E-state index contributed by atoms with van der Waals surface area (Å²) in [6.07, 6.45) is 5.90. The molecule has 2 aromatic heterocycles. The molecule has 0 saturated carbocycles. The summed E-state index contributed by atoms with van der Waals surface area (Å²) in [5.41, 5.74) is 2.73. The quantitative estimate of drug-likeness (QED) is 0.804. The Labute approximate surface area is 128 Å². The van der Waals surface area contributed by atoms with Crippen LogP contribution in [0.1, 0.15) is 18.4 Å². The normalized spacial score (nSPS) is 17.7. The first-order valence-corrected chi connectivity index (χ1v) is 7.51. The van der Waals surface area contributed by atoms with Gasteiger partial charge in [-0.1, -0.05) is 30.3 Å². The first-order valence-electron chi connectivity index (χ1n) is 7.51. The van der Waals surface area contributed by atoms with Gasteiger partial charge in [-0.05, 0) is 24.8 Å². The molecule has 1 unspecified atom stereocenters. The second-order valence-corrected chi connectivity index (χ2v) is 5.62. The molecule has 0 aliphatic carbocycles. The number of nitrogens with zero attached hydrogens (tertiary/aromatic N) is 5. The third-order valence-electron chi connectivity index (χ3n) is 4.27. The lowest BCUT2D eigenvalue weighted by Gasteiger charge is -2.24. The lowest BCUT2D eigenvalue weighted by Crippen LogP contribution is -2.33. The van der Waals surface area contributed by atoms with Crippen LogP contribution in [0.5, 0.6) is 0 Å². The van der Waals surface area contributed by atoms with E-state index in [1.54, 1.807) is 6.33 Å². The van der Waals surface area contributed by atoms with Crippen molar-refractivity contribution in [2.24, 2.45) is 0 Å². The fourth-order valence-electron chi connectivity index (χ4n) is 3.06. The van der Waals surface area contributed by atoms with Gasteiger partial charge in [0.25, 0.3) is 0 Å². The van der Waals surface area contributed by atoms with Crippen LogP contribution in [0.15, 0.2) is 43.0 Å². The highest BCUT2D eigenvalue weighted by molar-refractivity contribution is 5.83. The minimum Gasteiger partial charge on any atom is -0.326 e. The number of hydroxylamine groups is 1. The van der Waals surface area contributed by atoms with Gasteiger partial charge in [0.1, 0.15) is 11.8 Å². The van der Waals surface area contributed by atoms with E-state index in [9.17, 15) is 5.21 Å². The summed E-state index contributed by atoms with van der Waals surface area (Å²) in [6, 6.07) is 10.4. The minimum atomic E-state index is 0.0400. The Morgan fingerprint density at radius 3 is 2.86 bits per heavy atom. The molecule has 1 aromatic carbocycles. The van der Waals surface area contributed by atoms with Gasteiger partial charge in [-0.3, -0.25) is 5.21 Å². The molecule has 6 heteroatoms. The molecular weight excluding hydrogens is 278 g/mol. The molecule has 0 bridgehead atoms. The smallest absolute Gasteiger partial charge is 0.183 e. The van der Waals surface area contributed by atoms with E-state index in [2.05, 4.69) is 27.1 Å². The van der Waals surface area contributed by atoms with Gasteiger partial charge in [-0.2, -0.15) is 0 Å².